The van der Waals surface area contributed by atoms with Crippen molar-refractivity contribution in [2.45, 2.75) is 6.42 Å². The molecular weight excluding hydrogens is 256 g/mol. The Morgan fingerprint density at radius 2 is 2.39 bits per heavy atom. The molecule has 1 saturated heterocycles. The van der Waals surface area contributed by atoms with Crippen molar-refractivity contribution in [1.82, 2.24) is 15.1 Å². The fourth-order valence-electron chi connectivity index (χ4n) is 2.04. The van der Waals surface area contributed by atoms with E-state index in [9.17, 15) is 13.2 Å². The molecule has 0 radical (unpaired) electrons. The van der Waals surface area contributed by atoms with E-state index in [1.54, 1.807) is 13.2 Å². The van der Waals surface area contributed by atoms with Gasteiger partial charge in [-0.2, -0.15) is 5.10 Å². The summed E-state index contributed by atoms with van der Waals surface area (Å²) < 4.78 is 24.0. The first-order valence-corrected chi connectivity index (χ1v) is 7.47. The van der Waals surface area contributed by atoms with Crippen LogP contribution in [0.2, 0.25) is 0 Å². The normalized spacial score (nSPS) is 21.9. The van der Waals surface area contributed by atoms with Crippen molar-refractivity contribution in [2.75, 3.05) is 23.8 Å². The minimum atomic E-state index is -2.91. The van der Waals surface area contributed by atoms with Gasteiger partial charge in [-0.1, -0.05) is 0 Å². The smallest absolute Gasteiger partial charge is 0.273 e. The van der Waals surface area contributed by atoms with E-state index in [0.717, 1.165) is 0 Å². The van der Waals surface area contributed by atoms with Gasteiger partial charge in [0.2, 0.25) is 0 Å². The van der Waals surface area contributed by atoms with Crippen molar-refractivity contribution in [2.24, 2.45) is 13.0 Å². The van der Waals surface area contributed by atoms with E-state index >= 15 is 0 Å². The summed E-state index contributed by atoms with van der Waals surface area (Å²) in [7, 11) is -1.23. The fourth-order valence-corrected chi connectivity index (χ4v) is 3.90. The number of nitrogens with one attached hydrogen (secondary N) is 1. The van der Waals surface area contributed by atoms with E-state index in [-0.39, 0.29) is 29.0 Å². The first kappa shape index (κ1) is 12.9. The zero-order valence-corrected chi connectivity index (χ0v) is 10.9. The van der Waals surface area contributed by atoms with E-state index in [1.807, 2.05) is 0 Å². The molecule has 7 nitrogen and oxygen atoms in total. The van der Waals surface area contributed by atoms with Crippen LogP contribution < -0.4 is 11.1 Å². The Labute approximate surface area is 105 Å². The van der Waals surface area contributed by atoms with Gasteiger partial charge in [-0.3, -0.25) is 9.48 Å². The van der Waals surface area contributed by atoms with Crippen molar-refractivity contribution in [3.05, 3.63) is 11.9 Å². The van der Waals surface area contributed by atoms with Crippen molar-refractivity contribution in [3.63, 3.8) is 0 Å². The van der Waals surface area contributed by atoms with E-state index in [4.69, 9.17) is 5.73 Å². The van der Waals surface area contributed by atoms with Gasteiger partial charge in [0.15, 0.2) is 15.5 Å². The summed E-state index contributed by atoms with van der Waals surface area (Å²) in [6, 6.07) is 0. The molecule has 0 bridgehead atoms. The van der Waals surface area contributed by atoms with Crippen LogP contribution in [-0.2, 0) is 16.9 Å². The first-order valence-electron chi connectivity index (χ1n) is 5.65. The van der Waals surface area contributed by atoms with Crippen LogP contribution in [0.3, 0.4) is 0 Å². The Morgan fingerprint density at radius 3 is 2.89 bits per heavy atom. The van der Waals surface area contributed by atoms with Gasteiger partial charge in [0.05, 0.1) is 17.2 Å². The fraction of sp³-hybridized carbons (Fsp3) is 0.600. The van der Waals surface area contributed by atoms with E-state index < -0.39 is 9.84 Å². The molecule has 3 N–H and O–H groups in total. The second-order valence-corrected chi connectivity index (χ2v) is 6.81. The molecule has 1 aromatic heterocycles. The average molecular weight is 272 g/mol. The Bertz CT molecular complexity index is 564. The number of hydrogen-bond donors (Lipinski definition) is 2. The molecule has 0 aliphatic carbocycles. The molecule has 0 spiro atoms. The number of nitrogen functional groups attached to an aromatic ring is 1. The van der Waals surface area contributed by atoms with Crippen LogP contribution in [0.25, 0.3) is 0 Å². The topological polar surface area (TPSA) is 107 Å². The van der Waals surface area contributed by atoms with Crippen LogP contribution in [0.1, 0.15) is 16.9 Å². The summed E-state index contributed by atoms with van der Waals surface area (Å²) in [5, 5.41) is 6.62. The molecule has 8 heteroatoms. The monoisotopic (exact) mass is 272 g/mol. The molecule has 1 aromatic rings. The molecule has 18 heavy (non-hydrogen) atoms. The van der Waals surface area contributed by atoms with Crippen LogP contribution in [-0.4, -0.2) is 42.2 Å². The number of amides is 1. The molecule has 1 unspecified atom stereocenters. The van der Waals surface area contributed by atoms with Crippen LogP contribution in [0.4, 0.5) is 5.69 Å². The molecule has 1 aliphatic heterocycles. The second kappa shape index (κ2) is 4.60. The highest BCUT2D eigenvalue weighted by Crippen LogP contribution is 2.17. The molecular formula is C10H16N4O3S. The van der Waals surface area contributed by atoms with Gasteiger partial charge in [0.1, 0.15) is 0 Å². The minimum Gasteiger partial charge on any atom is -0.396 e. The maximum Gasteiger partial charge on any atom is 0.273 e. The third-order valence-electron chi connectivity index (χ3n) is 2.95. The zero-order valence-electron chi connectivity index (χ0n) is 10.1. The van der Waals surface area contributed by atoms with Crippen molar-refractivity contribution in [1.29, 1.82) is 0 Å². The Kier molecular flexibility index (Phi) is 3.29. The lowest BCUT2D eigenvalue weighted by Gasteiger charge is -2.08. The van der Waals surface area contributed by atoms with Gasteiger partial charge >= 0.3 is 0 Å². The van der Waals surface area contributed by atoms with Gasteiger partial charge in [0.25, 0.3) is 5.91 Å². The minimum absolute atomic E-state index is 0.0103. The van der Waals surface area contributed by atoms with Gasteiger partial charge < -0.3 is 11.1 Å². The van der Waals surface area contributed by atoms with Crippen LogP contribution in [0.15, 0.2) is 6.20 Å². The lowest BCUT2D eigenvalue weighted by molar-refractivity contribution is 0.0943. The highest BCUT2D eigenvalue weighted by atomic mass is 32.2. The molecule has 100 valence electrons. The number of aromatic nitrogens is 2. The Morgan fingerprint density at radius 1 is 1.67 bits per heavy atom. The third kappa shape index (κ3) is 2.81. The van der Waals surface area contributed by atoms with Crippen LogP contribution in [0, 0.1) is 5.92 Å². The second-order valence-electron chi connectivity index (χ2n) is 4.59. The van der Waals surface area contributed by atoms with Gasteiger partial charge in [-0.15, -0.1) is 0 Å². The first-order chi connectivity index (χ1) is 8.37. The number of carbonyl (C=O) groups excluding carboxylic acids is 1. The number of aryl methyl sites for hydroxylation is 1. The van der Waals surface area contributed by atoms with Crippen LogP contribution >= 0.6 is 0 Å². The zero-order chi connectivity index (χ0) is 13.3. The average Bonchev–Trinajstić information content (AvgIpc) is 2.78. The number of sulfone groups is 1. The SMILES string of the molecule is Cn1cc(N)c(C(=O)NCC2CCS(=O)(=O)C2)n1. The summed E-state index contributed by atoms with van der Waals surface area (Å²) in [5.74, 6) is -0.0224. The quantitative estimate of drug-likeness (QED) is 0.746. The molecule has 2 heterocycles. The highest BCUT2D eigenvalue weighted by Gasteiger charge is 2.28. The molecule has 1 aliphatic rings. The number of anilines is 1. The number of rotatable bonds is 3. The molecule has 2 rings (SSSR count). The predicted molar refractivity (Wildman–Crippen MR) is 66.7 cm³/mol. The standard InChI is InChI=1S/C10H16N4O3S/c1-14-5-8(11)9(13-14)10(15)12-4-7-2-3-18(16,17)6-7/h5,7H,2-4,6,11H2,1H3,(H,12,15). The van der Waals surface area contributed by atoms with Gasteiger partial charge in [0, 0.05) is 19.8 Å². The summed E-state index contributed by atoms with van der Waals surface area (Å²) in [6.45, 7) is 0.341. The Hall–Kier alpha value is -1.57. The number of hydrogen-bond acceptors (Lipinski definition) is 5. The Balaban J connectivity index is 1.91. The number of carbonyl (C=O) groups is 1. The highest BCUT2D eigenvalue weighted by molar-refractivity contribution is 7.91. The lowest BCUT2D eigenvalue weighted by atomic mass is 10.1. The number of nitrogens with zero attached hydrogens (tertiary/aromatic N) is 2. The van der Waals surface area contributed by atoms with Crippen LogP contribution in [0.5, 0.6) is 0 Å². The summed E-state index contributed by atoms with van der Waals surface area (Å²) >= 11 is 0. The van der Waals surface area contributed by atoms with E-state index in [2.05, 4.69) is 10.4 Å². The molecule has 1 amide bonds. The summed E-state index contributed by atoms with van der Waals surface area (Å²) in [6.07, 6.45) is 2.15. The maximum atomic E-state index is 11.8. The molecule has 0 saturated carbocycles. The predicted octanol–water partition coefficient (Wildman–Crippen LogP) is -0.833. The maximum absolute atomic E-state index is 11.8. The van der Waals surface area contributed by atoms with Crippen molar-refractivity contribution in [3.8, 4) is 0 Å². The van der Waals surface area contributed by atoms with Crippen molar-refractivity contribution < 1.29 is 13.2 Å². The van der Waals surface area contributed by atoms with Gasteiger partial charge in [-0.05, 0) is 12.3 Å². The molecule has 0 aromatic carbocycles. The number of nitrogens with two attached hydrogens (primary N) is 1. The lowest BCUT2D eigenvalue weighted by Crippen LogP contribution is -2.30. The largest absolute Gasteiger partial charge is 0.396 e. The summed E-state index contributed by atoms with van der Waals surface area (Å²) in [5.41, 5.74) is 6.12. The summed E-state index contributed by atoms with van der Waals surface area (Å²) in [4.78, 5) is 11.8. The van der Waals surface area contributed by atoms with Crippen molar-refractivity contribution >= 4 is 21.4 Å². The molecule has 1 fully saturated rings. The van der Waals surface area contributed by atoms with Gasteiger partial charge in [-0.25, -0.2) is 8.42 Å². The third-order valence-corrected chi connectivity index (χ3v) is 4.79. The molecule has 1 atom stereocenters. The van der Waals surface area contributed by atoms with E-state index in [0.29, 0.717) is 18.7 Å². The van der Waals surface area contributed by atoms with E-state index in [1.165, 1.54) is 4.68 Å².